The molecule has 0 atom stereocenters. The first kappa shape index (κ1) is 23.0. The minimum Gasteiger partial charge on any atom is -0.494 e. The molecular weight excluding hydrogens is 442 g/mol. The van der Waals surface area contributed by atoms with Gasteiger partial charge in [-0.15, -0.1) is 0 Å². The van der Waals surface area contributed by atoms with Crippen LogP contribution in [0, 0.1) is 0 Å². The van der Waals surface area contributed by atoms with Gasteiger partial charge in [-0.1, -0.05) is 29.4 Å². The standard InChI is InChI=1S/C27H29N5O3/c1-2-34-23-10-8-21(9-11-23)27-29-24(35-30-27)12-13-25(33)32-17-15-31(16-18-32)19-22-6-3-5-20-7-4-14-28-26(20)22/h3-11,14H,2,12-13,15-19H2,1H3. The van der Waals surface area contributed by atoms with Crippen LogP contribution in [0.15, 0.2) is 65.3 Å². The molecule has 0 bridgehead atoms. The molecule has 1 saturated heterocycles. The smallest absolute Gasteiger partial charge is 0.227 e. The van der Waals surface area contributed by atoms with Crippen molar-refractivity contribution in [1.82, 2.24) is 24.9 Å². The van der Waals surface area contributed by atoms with Crippen LogP contribution in [0.25, 0.3) is 22.3 Å². The van der Waals surface area contributed by atoms with Crippen molar-refractivity contribution in [2.45, 2.75) is 26.3 Å². The Labute approximate surface area is 204 Å². The molecule has 0 spiro atoms. The number of hydrogen-bond donors (Lipinski definition) is 0. The summed E-state index contributed by atoms with van der Waals surface area (Å²) in [7, 11) is 0. The van der Waals surface area contributed by atoms with Gasteiger partial charge in [0.2, 0.25) is 17.6 Å². The lowest BCUT2D eigenvalue weighted by molar-refractivity contribution is -0.133. The number of fused-ring (bicyclic) bond motifs is 1. The van der Waals surface area contributed by atoms with Crippen molar-refractivity contribution in [1.29, 1.82) is 0 Å². The number of pyridine rings is 1. The van der Waals surface area contributed by atoms with Crippen LogP contribution in [0.1, 0.15) is 24.8 Å². The lowest BCUT2D eigenvalue weighted by Crippen LogP contribution is -2.48. The summed E-state index contributed by atoms with van der Waals surface area (Å²) < 4.78 is 10.8. The molecule has 1 aliphatic rings. The van der Waals surface area contributed by atoms with Gasteiger partial charge in [0.15, 0.2) is 0 Å². The normalized spacial score (nSPS) is 14.4. The van der Waals surface area contributed by atoms with Gasteiger partial charge in [0.1, 0.15) is 5.75 Å². The summed E-state index contributed by atoms with van der Waals surface area (Å²) in [6.45, 7) is 6.54. The summed E-state index contributed by atoms with van der Waals surface area (Å²) in [4.78, 5) is 26.1. The number of carbonyl (C=O) groups excluding carboxylic acids is 1. The molecule has 5 rings (SSSR count). The van der Waals surface area contributed by atoms with E-state index in [4.69, 9.17) is 9.26 Å². The molecule has 8 nitrogen and oxygen atoms in total. The third-order valence-corrected chi connectivity index (χ3v) is 6.28. The van der Waals surface area contributed by atoms with Crippen LogP contribution < -0.4 is 4.74 Å². The Morgan fingerprint density at radius 3 is 2.63 bits per heavy atom. The molecule has 0 unspecified atom stereocenters. The molecule has 0 N–H and O–H groups in total. The van der Waals surface area contributed by atoms with Gasteiger partial charge < -0.3 is 14.2 Å². The van der Waals surface area contributed by atoms with Crippen molar-refractivity contribution in [2.24, 2.45) is 0 Å². The van der Waals surface area contributed by atoms with Gasteiger partial charge in [-0.2, -0.15) is 4.98 Å². The van der Waals surface area contributed by atoms with Crippen LogP contribution in [0.4, 0.5) is 0 Å². The number of aromatic nitrogens is 3. The zero-order chi connectivity index (χ0) is 24.0. The van der Waals surface area contributed by atoms with Crippen molar-refractivity contribution in [2.75, 3.05) is 32.8 Å². The highest BCUT2D eigenvalue weighted by atomic mass is 16.5. The molecule has 4 aromatic rings. The first-order chi connectivity index (χ1) is 17.2. The summed E-state index contributed by atoms with van der Waals surface area (Å²) in [5.41, 5.74) is 3.13. The predicted octanol–water partition coefficient (Wildman–Crippen LogP) is 3.96. The van der Waals surface area contributed by atoms with E-state index >= 15 is 0 Å². The lowest BCUT2D eigenvalue weighted by Gasteiger charge is -2.34. The summed E-state index contributed by atoms with van der Waals surface area (Å²) in [6, 6.07) is 17.9. The molecular formula is C27H29N5O3. The summed E-state index contributed by atoms with van der Waals surface area (Å²) in [5, 5.41) is 5.22. The Kier molecular flexibility index (Phi) is 6.99. The highest BCUT2D eigenvalue weighted by Crippen LogP contribution is 2.21. The number of carbonyl (C=O) groups is 1. The van der Waals surface area contributed by atoms with Crippen molar-refractivity contribution in [3.63, 3.8) is 0 Å². The van der Waals surface area contributed by atoms with E-state index in [1.807, 2.05) is 48.4 Å². The third kappa shape index (κ3) is 5.49. The van der Waals surface area contributed by atoms with Gasteiger partial charge in [-0.3, -0.25) is 14.7 Å². The maximum absolute atomic E-state index is 12.8. The minimum atomic E-state index is 0.122. The number of ether oxygens (including phenoxy) is 1. The number of hydrogen-bond acceptors (Lipinski definition) is 7. The van der Waals surface area contributed by atoms with Gasteiger partial charge in [0.05, 0.1) is 12.1 Å². The molecule has 1 aliphatic heterocycles. The van der Waals surface area contributed by atoms with Crippen LogP contribution >= 0.6 is 0 Å². The SMILES string of the molecule is CCOc1ccc(-c2noc(CCC(=O)N3CCN(Cc4cccc5cccnc45)CC3)n2)cc1. The van der Waals surface area contributed by atoms with Crippen LogP contribution in [-0.2, 0) is 17.8 Å². The first-order valence-corrected chi connectivity index (χ1v) is 12.1. The monoisotopic (exact) mass is 471 g/mol. The van der Waals surface area contributed by atoms with E-state index in [0.29, 0.717) is 31.2 Å². The fraction of sp³-hybridized carbons (Fsp3) is 0.333. The van der Waals surface area contributed by atoms with Crippen molar-refractivity contribution in [3.05, 3.63) is 72.2 Å². The zero-order valence-electron chi connectivity index (χ0n) is 19.9. The average Bonchev–Trinajstić information content (AvgIpc) is 3.38. The molecule has 180 valence electrons. The molecule has 0 radical (unpaired) electrons. The van der Waals surface area contributed by atoms with Gasteiger partial charge in [0, 0.05) is 62.7 Å². The maximum atomic E-state index is 12.8. The quantitative estimate of drug-likeness (QED) is 0.385. The van der Waals surface area contributed by atoms with E-state index in [9.17, 15) is 4.79 Å². The highest BCUT2D eigenvalue weighted by Gasteiger charge is 2.22. The van der Waals surface area contributed by atoms with Gasteiger partial charge in [0.25, 0.3) is 0 Å². The van der Waals surface area contributed by atoms with E-state index in [1.54, 1.807) is 0 Å². The Bertz CT molecular complexity index is 1270. The van der Waals surface area contributed by atoms with Crippen molar-refractivity contribution >= 4 is 16.8 Å². The lowest BCUT2D eigenvalue weighted by atomic mass is 10.1. The summed E-state index contributed by atoms with van der Waals surface area (Å²) >= 11 is 0. The first-order valence-electron chi connectivity index (χ1n) is 12.1. The highest BCUT2D eigenvalue weighted by molar-refractivity contribution is 5.81. The van der Waals surface area contributed by atoms with E-state index < -0.39 is 0 Å². The Morgan fingerprint density at radius 2 is 1.83 bits per heavy atom. The number of benzene rings is 2. The molecule has 3 heterocycles. The molecule has 0 saturated carbocycles. The van der Waals surface area contributed by atoms with E-state index in [0.717, 1.165) is 54.9 Å². The van der Waals surface area contributed by atoms with Crippen molar-refractivity contribution in [3.8, 4) is 17.1 Å². The van der Waals surface area contributed by atoms with Crippen molar-refractivity contribution < 1.29 is 14.1 Å². The largest absolute Gasteiger partial charge is 0.494 e. The number of amides is 1. The molecule has 0 aliphatic carbocycles. The number of nitrogens with zero attached hydrogens (tertiary/aromatic N) is 5. The average molecular weight is 472 g/mol. The molecule has 2 aromatic carbocycles. The second-order valence-corrected chi connectivity index (χ2v) is 8.62. The van der Waals surface area contributed by atoms with E-state index in [2.05, 4.69) is 44.3 Å². The molecule has 2 aromatic heterocycles. The maximum Gasteiger partial charge on any atom is 0.227 e. The Hall–Kier alpha value is -3.78. The summed E-state index contributed by atoms with van der Waals surface area (Å²) in [5.74, 6) is 1.92. The number of rotatable bonds is 8. The van der Waals surface area contributed by atoms with Gasteiger partial charge in [-0.05, 0) is 42.8 Å². The van der Waals surface area contributed by atoms with Gasteiger partial charge >= 0.3 is 0 Å². The number of piperazine rings is 1. The third-order valence-electron chi connectivity index (χ3n) is 6.28. The zero-order valence-corrected chi connectivity index (χ0v) is 19.9. The fourth-order valence-corrected chi connectivity index (χ4v) is 4.40. The van der Waals surface area contributed by atoms with Crippen LogP contribution in [0.3, 0.4) is 0 Å². The van der Waals surface area contributed by atoms with E-state index in [-0.39, 0.29) is 5.91 Å². The number of aryl methyl sites for hydroxylation is 1. The molecule has 1 fully saturated rings. The molecule has 8 heteroatoms. The number of para-hydroxylation sites is 1. The molecule has 1 amide bonds. The Balaban J connectivity index is 1.10. The van der Waals surface area contributed by atoms with Crippen LogP contribution in [0.5, 0.6) is 5.75 Å². The topological polar surface area (TPSA) is 84.6 Å². The second kappa shape index (κ2) is 10.7. The molecule has 35 heavy (non-hydrogen) atoms. The minimum absolute atomic E-state index is 0.122. The van der Waals surface area contributed by atoms with Crippen LogP contribution in [0.2, 0.25) is 0 Å². The predicted molar refractivity (Wildman–Crippen MR) is 133 cm³/mol. The Morgan fingerprint density at radius 1 is 1.03 bits per heavy atom. The van der Waals surface area contributed by atoms with Gasteiger partial charge in [-0.25, -0.2) is 0 Å². The fourth-order valence-electron chi connectivity index (χ4n) is 4.40. The van der Waals surface area contributed by atoms with Crippen LogP contribution in [-0.4, -0.2) is 63.6 Å². The second-order valence-electron chi connectivity index (χ2n) is 8.62. The van der Waals surface area contributed by atoms with E-state index in [1.165, 1.54) is 5.56 Å². The summed E-state index contributed by atoms with van der Waals surface area (Å²) in [6.07, 6.45) is 2.63.